The molecule has 1 atom stereocenters. The highest BCUT2D eigenvalue weighted by Gasteiger charge is 2.06. The van der Waals surface area contributed by atoms with Gasteiger partial charge in [-0.05, 0) is 38.1 Å². The third-order valence-electron chi connectivity index (χ3n) is 2.07. The number of nitrogens with zero attached hydrogens (tertiary/aromatic N) is 1. The van der Waals surface area contributed by atoms with Gasteiger partial charge in [-0.2, -0.15) is 0 Å². The minimum atomic E-state index is 0.360. The molecule has 0 aliphatic heterocycles. The van der Waals surface area contributed by atoms with E-state index in [4.69, 9.17) is 0 Å². The molecule has 1 unspecified atom stereocenters. The van der Waals surface area contributed by atoms with E-state index in [1.807, 2.05) is 32.3 Å². The maximum absolute atomic E-state index is 4.16. The largest absolute Gasteiger partial charge is 0.313 e. The average molecular weight is 176 g/mol. The summed E-state index contributed by atoms with van der Waals surface area (Å²) in [5, 5.41) is 3.25. The van der Waals surface area contributed by atoms with Crippen molar-refractivity contribution in [1.29, 1.82) is 0 Å². The van der Waals surface area contributed by atoms with Crippen molar-refractivity contribution in [3.63, 3.8) is 0 Å². The minimum absolute atomic E-state index is 0.360. The standard InChI is InChI=1S/C11H16N2/c1-4-5-11(12-3)10-6-7-13-9(2)8-10/h4,6-8,11-12H,1,5H2,2-3H3. The van der Waals surface area contributed by atoms with Gasteiger partial charge in [0.15, 0.2) is 0 Å². The number of aryl methyl sites for hydroxylation is 1. The molecule has 2 nitrogen and oxygen atoms in total. The van der Waals surface area contributed by atoms with E-state index < -0.39 is 0 Å². The number of aromatic nitrogens is 1. The molecule has 0 radical (unpaired) electrons. The molecule has 0 aliphatic carbocycles. The van der Waals surface area contributed by atoms with E-state index in [2.05, 4.69) is 22.9 Å². The Morgan fingerprint density at radius 1 is 1.69 bits per heavy atom. The van der Waals surface area contributed by atoms with Gasteiger partial charge in [-0.25, -0.2) is 0 Å². The molecule has 70 valence electrons. The Balaban J connectivity index is 2.84. The fourth-order valence-corrected chi connectivity index (χ4v) is 1.37. The SMILES string of the molecule is C=CCC(NC)c1ccnc(C)c1. The normalized spacial score (nSPS) is 12.5. The first-order valence-corrected chi connectivity index (χ1v) is 4.48. The summed E-state index contributed by atoms with van der Waals surface area (Å²) < 4.78 is 0. The van der Waals surface area contributed by atoms with E-state index >= 15 is 0 Å². The molecule has 0 bridgehead atoms. The van der Waals surface area contributed by atoms with Gasteiger partial charge >= 0.3 is 0 Å². The zero-order chi connectivity index (χ0) is 9.68. The van der Waals surface area contributed by atoms with Crippen LogP contribution in [0.5, 0.6) is 0 Å². The average Bonchev–Trinajstić information content (AvgIpc) is 2.14. The highest BCUT2D eigenvalue weighted by atomic mass is 14.9. The summed E-state index contributed by atoms with van der Waals surface area (Å²) in [5.41, 5.74) is 2.33. The lowest BCUT2D eigenvalue weighted by Crippen LogP contribution is -2.15. The number of nitrogens with one attached hydrogen (secondary N) is 1. The van der Waals surface area contributed by atoms with Crippen molar-refractivity contribution in [1.82, 2.24) is 10.3 Å². The molecular weight excluding hydrogens is 160 g/mol. The first-order valence-electron chi connectivity index (χ1n) is 4.48. The summed E-state index contributed by atoms with van der Waals surface area (Å²) in [4.78, 5) is 4.16. The third kappa shape index (κ3) is 2.67. The summed E-state index contributed by atoms with van der Waals surface area (Å²) in [5.74, 6) is 0. The lowest BCUT2D eigenvalue weighted by atomic mass is 10.0. The molecule has 1 heterocycles. The molecular formula is C11H16N2. The highest BCUT2D eigenvalue weighted by Crippen LogP contribution is 2.16. The van der Waals surface area contributed by atoms with Gasteiger partial charge in [-0.1, -0.05) is 6.08 Å². The first kappa shape index (κ1) is 9.93. The third-order valence-corrected chi connectivity index (χ3v) is 2.07. The molecule has 0 fully saturated rings. The Hall–Kier alpha value is -1.15. The van der Waals surface area contributed by atoms with Gasteiger partial charge in [0.25, 0.3) is 0 Å². The molecule has 1 aromatic rings. The second-order valence-corrected chi connectivity index (χ2v) is 3.10. The van der Waals surface area contributed by atoms with Gasteiger partial charge < -0.3 is 5.32 Å². The summed E-state index contributed by atoms with van der Waals surface area (Å²) >= 11 is 0. The number of pyridine rings is 1. The summed E-state index contributed by atoms with van der Waals surface area (Å²) in [6.45, 7) is 5.74. The van der Waals surface area contributed by atoms with Crippen LogP contribution in [0.2, 0.25) is 0 Å². The van der Waals surface area contributed by atoms with E-state index in [9.17, 15) is 0 Å². The Kier molecular flexibility index (Phi) is 3.65. The number of hydrogen-bond donors (Lipinski definition) is 1. The second-order valence-electron chi connectivity index (χ2n) is 3.10. The van der Waals surface area contributed by atoms with Crippen LogP contribution in [0.1, 0.15) is 23.7 Å². The Morgan fingerprint density at radius 2 is 2.46 bits per heavy atom. The summed E-state index contributed by atoms with van der Waals surface area (Å²) in [7, 11) is 1.96. The monoisotopic (exact) mass is 176 g/mol. The van der Waals surface area contributed by atoms with Crippen molar-refractivity contribution in [3.05, 3.63) is 42.2 Å². The molecule has 0 spiro atoms. The Bertz CT molecular complexity index is 281. The Morgan fingerprint density at radius 3 is 3.00 bits per heavy atom. The van der Waals surface area contributed by atoms with Crippen molar-refractivity contribution < 1.29 is 0 Å². The molecule has 0 amide bonds. The van der Waals surface area contributed by atoms with E-state index in [-0.39, 0.29) is 0 Å². The van der Waals surface area contributed by atoms with Crippen LogP contribution in [-0.2, 0) is 0 Å². The fraction of sp³-hybridized carbons (Fsp3) is 0.364. The fourth-order valence-electron chi connectivity index (χ4n) is 1.37. The summed E-state index contributed by atoms with van der Waals surface area (Å²) in [6.07, 6.45) is 4.72. The molecule has 1 rings (SSSR count). The van der Waals surface area contributed by atoms with Gasteiger partial charge in [0.05, 0.1) is 0 Å². The van der Waals surface area contributed by atoms with Crippen molar-refractivity contribution in [2.45, 2.75) is 19.4 Å². The maximum atomic E-state index is 4.16. The lowest BCUT2D eigenvalue weighted by Gasteiger charge is -2.14. The highest BCUT2D eigenvalue weighted by molar-refractivity contribution is 5.19. The molecule has 0 aliphatic rings. The molecule has 0 aromatic carbocycles. The predicted octanol–water partition coefficient (Wildman–Crippen LogP) is 2.23. The molecule has 1 aromatic heterocycles. The topological polar surface area (TPSA) is 24.9 Å². The molecule has 2 heteroatoms. The van der Waals surface area contributed by atoms with Crippen LogP contribution in [-0.4, -0.2) is 12.0 Å². The second kappa shape index (κ2) is 4.77. The van der Waals surface area contributed by atoms with Gasteiger partial charge in [0, 0.05) is 17.9 Å². The van der Waals surface area contributed by atoms with E-state index in [0.717, 1.165) is 12.1 Å². The summed E-state index contributed by atoms with van der Waals surface area (Å²) in [6, 6.07) is 4.50. The van der Waals surface area contributed by atoms with Crippen LogP contribution in [0.25, 0.3) is 0 Å². The smallest absolute Gasteiger partial charge is 0.0375 e. The number of hydrogen-bond acceptors (Lipinski definition) is 2. The van der Waals surface area contributed by atoms with Crippen molar-refractivity contribution in [2.24, 2.45) is 0 Å². The van der Waals surface area contributed by atoms with Crippen LogP contribution in [0, 0.1) is 6.92 Å². The van der Waals surface area contributed by atoms with Crippen LogP contribution in [0.3, 0.4) is 0 Å². The van der Waals surface area contributed by atoms with Crippen LogP contribution in [0.4, 0.5) is 0 Å². The van der Waals surface area contributed by atoms with Crippen LogP contribution < -0.4 is 5.32 Å². The first-order chi connectivity index (χ1) is 6.27. The van der Waals surface area contributed by atoms with Crippen LogP contribution >= 0.6 is 0 Å². The molecule has 0 saturated carbocycles. The number of rotatable bonds is 4. The molecule has 0 saturated heterocycles. The van der Waals surface area contributed by atoms with Gasteiger partial charge in [0.2, 0.25) is 0 Å². The quantitative estimate of drug-likeness (QED) is 0.711. The lowest BCUT2D eigenvalue weighted by molar-refractivity contribution is 0.602. The van der Waals surface area contributed by atoms with Crippen molar-refractivity contribution in [3.8, 4) is 0 Å². The van der Waals surface area contributed by atoms with Crippen molar-refractivity contribution in [2.75, 3.05) is 7.05 Å². The zero-order valence-electron chi connectivity index (χ0n) is 8.25. The van der Waals surface area contributed by atoms with E-state index in [0.29, 0.717) is 6.04 Å². The maximum Gasteiger partial charge on any atom is 0.0375 e. The zero-order valence-corrected chi connectivity index (χ0v) is 8.25. The van der Waals surface area contributed by atoms with Crippen LogP contribution in [0.15, 0.2) is 31.0 Å². The van der Waals surface area contributed by atoms with Crippen molar-refractivity contribution >= 4 is 0 Å². The van der Waals surface area contributed by atoms with Gasteiger partial charge in [-0.3, -0.25) is 4.98 Å². The minimum Gasteiger partial charge on any atom is -0.313 e. The molecule has 13 heavy (non-hydrogen) atoms. The molecule has 1 N–H and O–H groups in total. The van der Waals surface area contributed by atoms with E-state index in [1.165, 1.54) is 5.56 Å². The van der Waals surface area contributed by atoms with E-state index in [1.54, 1.807) is 0 Å². The predicted molar refractivity (Wildman–Crippen MR) is 55.6 cm³/mol. The Labute approximate surface area is 79.7 Å². The van der Waals surface area contributed by atoms with Gasteiger partial charge in [0.1, 0.15) is 0 Å². The van der Waals surface area contributed by atoms with Gasteiger partial charge in [-0.15, -0.1) is 6.58 Å².